The molecule has 12 heterocycles. The van der Waals surface area contributed by atoms with Crippen molar-refractivity contribution in [2.75, 3.05) is 0 Å². The first-order valence-electron chi connectivity index (χ1n) is 25.9. The molecule has 1 fully saturated rings. The molecule has 1 saturated carbocycles. The van der Waals surface area contributed by atoms with Gasteiger partial charge in [-0.15, -0.1) is 39.1 Å². The van der Waals surface area contributed by atoms with Gasteiger partial charge in [0.1, 0.15) is 26.4 Å². The summed E-state index contributed by atoms with van der Waals surface area (Å²) in [6.45, 7) is 3.97. The third kappa shape index (κ3) is 12.3. The first-order valence-corrected chi connectivity index (χ1v) is 25.2. The summed E-state index contributed by atoms with van der Waals surface area (Å²) in [7, 11) is 5.94. The zero-order valence-electron chi connectivity index (χ0n) is 47.9. The zero-order chi connectivity index (χ0) is 61.6. The Morgan fingerprint density at radius 1 is 0.506 bits per heavy atom. The average molecular weight is 1270 g/mol. The smallest absolute Gasteiger partial charge is 0.370 e. The monoisotopic (exact) mass is 1270 g/mol. The largest absolute Gasteiger partial charge is 0.471 e. The average Bonchev–Trinajstić information content (AvgIpc) is 1.84. The molecule has 40 nitrogen and oxygen atoms in total. The lowest BCUT2D eigenvalue weighted by Crippen LogP contribution is -2.22. The van der Waals surface area contributed by atoms with E-state index in [0.717, 1.165) is 76.4 Å². The lowest BCUT2D eigenvalue weighted by Gasteiger charge is -2.03. The highest BCUT2D eigenvalue weighted by Gasteiger charge is 2.34. The molecule has 0 spiro atoms. The van der Waals surface area contributed by atoms with Crippen molar-refractivity contribution in [3.63, 3.8) is 0 Å². The number of nitrogens with zero attached hydrogens (tertiary/aromatic N) is 24. The van der Waals surface area contributed by atoms with E-state index in [-0.39, 0.29) is 67.6 Å². The first-order chi connectivity index (χ1) is 41.8. The molecule has 0 radical (unpaired) electrons. The van der Waals surface area contributed by atoms with Crippen LogP contribution in [0.2, 0.25) is 5.65 Å². The van der Waals surface area contributed by atoms with Crippen LogP contribution in [-0.4, -0.2) is 141 Å². The van der Waals surface area contributed by atoms with Gasteiger partial charge in [-0.3, -0.25) is 20.4 Å². The van der Waals surface area contributed by atoms with Crippen molar-refractivity contribution < 1.29 is 42.7 Å². The minimum atomic E-state index is -0.459. The number of tetrazole rings is 4. The van der Waals surface area contributed by atoms with Gasteiger partial charge in [-0.25, -0.2) is 19.2 Å². The van der Waals surface area contributed by atoms with Crippen molar-refractivity contribution in [2.45, 2.75) is 65.5 Å². The zero-order valence-corrected chi connectivity index (χ0v) is 46.1. The van der Waals surface area contributed by atoms with Crippen molar-refractivity contribution in [3.8, 4) is 47.1 Å². The summed E-state index contributed by atoms with van der Waals surface area (Å²) in [4.78, 5) is 47.6. The predicted octanol–water partition coefficient (Wildman–Crippen LogP) is -0.623. The number of halogens is 1. The Kier molecular flexibility index (Phi) is 14.9. The molecule has 0 unspecified atom stereocenters. The Morgan fingerprint density at radius 3 is 1.24 bits per heavy atom. The maximum Gasteiger partial charge on any atom is 0.370 e. The van der Waals surface area contributed by atoms with Crippen LogP contribution >= 0.6 is 22.6 Å². The fourth-order valence-electron chi connectivity index (χ4n) is 7.03. The van der Waals surface area contributed by atoms with Gasteiger partial charge in [0.25, 0.3) is 23.5 Å². The number of ether oxygens (including phenoxy) is 4. The van der Waals surface area contributed by atoms with Crippen LogP contribution in [-0.2, 0) is 61.0 Å². The molecule has 0 bridgehead atoms. The Hall–Kier alpha value is -10.9. The molecule has 1 aliphatic carbocycles. The minimum Gasteiger partial charge on any atom is -0.471 e. The van der Waals surface area contributed by atoms with Gasteiger partial charge in [-0.2, -0.15) is 18.7 Å². The molecule has 12 aromatic heterocycles. The van der Waals surface area contributed by atoms with Crippen LogP contribution in [0.1, 0.15) is 65.0 Å². The van der Waals surface area contributed by atoms with Gasteiger partial charge in [0, 0.05) is 83.2 Å². The first kappa shape index (κ1) is 50.3. The minimum absolute atomic E-state index is 0.0666. The SMILES string of the molecule is [3H]n1ccc(OCc2c(C)noc2-n2nnn(C)c2=O)n1.[3H]n1ccc(OCc2c(C3CC3)noc2-n2nnn(C)c2=O)n1.[3H]n1ccc(OCc2c(CC)noc2-n2nnn(C)c2=O)n1.[3H]n1ccc(OCc2c(I)noc2-n2nnn(C)c2=O)n1. The fraction of sp³-hybridized carbons (Fsp3) is 0.333. The van der Waals surface area contributed by atoms with Gasteiger partial charge < -0.3 is 37.0 Å². The third-order valence-corrected chi connectivity index (χ3v) is 12.4. The molecule has 0 aliphatic heterocycles. The van der Waals surface area contributed by atoms with E-state index >= 15 is 0 Å². The van der Waals surface area contributed by atoms with E-state index in [1.165, 1.54) is 53.0 Å². The van der Waals surface area contributed by atoms with Gasteiger partial charge in [-0.1, -0.05) is 27.6 Å². The highest BCUT2D eigenvalue weighted by molar-refractivity contribution is 14.1. The van der Waals surface area contributed by atoms with Crippen LogP contribution in [0.25, 0.3) is 23.5 Å². The van der Waals surface area contributed by atoms with Crippen LogP contribution in [0.5, 0.6) is 23.5 Å². The standard InChI is InChI=1S/C12H13N7O3.C11H13N7O3.C10H11N7O3.C9H8IN7O3/c1-18-12(20)19(17-16-18)11-8(6-21-9-4-5-13-14-9)10(15-22-11)7-2-3-7;1-3-8-7(6-20-9-4-5-12-13-9)10(21-14-8)18-11(19)17(2)15-16-18;1-6-7(5-19-8-3-4-11-12-8)9(20-13-6)17-10(18)16(2)14-15-17;1-16-9(18)17(15-14-16)8-5(7(10)13-20-8)4-19-6-2-3-11-12-6/h4-5,7H,2-3,6H2,1H3,(H,13,14);4-5H,3,6H2,1-2H3,(H,12,13);3-4H,5H2,1-2H3,(H,11,12);2-3H,4H2,1H3,(H,11,12)/i/hT4. The van der Waals surface area contributed by atoms with Crippen LogP contribution in [0.3, 0.4) is 0 Å². The molecule has 432 valence electrons. The molecule has 0 saturated heterocycles. The van der Waals surface area contributed by atoms with E-state index in [4.69, 9.17) is 42.7 Å². The molecular weight excluding hydrogens is 1220 g/mol. The van der Waals surface area contributed by atoms with Crippen molar-refractivity contribution in [1.82, 2.24) is 141 Å². The number of aromatic amines is 4. The molecule has 41 heteroatoms. The number of hydrogen-bond acceptors (Lipinski definition) is 28. The van der Waals surface area contributed by atoms with Crippen LogP contribution < -0.4 is 41.7 Å². The quantitative estimate of drug-likeness (QED) is 0.0778. The summed E-state index contributed by atoms with van der Waals surface area (Å²) in [5.41, 5.74) is 2.51. The van der Waals surface area contributed by atoms with Gasteiger partial charge >= 0.3 is 22.8 Å². The Labute approximate surface area is 479 Å². The van der Waals surface area contributed by atoms with E-state index in [0.29, 0.717) is 55.6 Å². The van der Waals surface area contributed by atoms with E-state index in [2.05, 4.69) is 82.7 Å². The summed E-state index contributed by atoms with van der Waals surface area (Å²) in [5.74, 6) is 2.13. The van der Waals surface area contributed by atoms with Gasteiger partial charge in [-0.05, 0) is 90.5 Å². The topological polar surface area (TPSA) is 467 Å². The second kappa shape index (κ2) is 24.6. The van der Waals surface area contributed by atoms with E-state index in [9.17, 15) is 19.2 Å². The summed E-state index contributed by atoms with van der Waals surface area (Å²) in [5, 5.41) is 63.7. The number of rotatable bonds is 18. The molecule has 1 aliphatic rings. The number of hydrogen-bond donors (Lipinski definition) is 4. The molecule has 0 amide bonds. The molecule has 0 aromatic carbocycles. The lowest BCUT2D eigenvalue weighted by molar-refractivity contribution is 0.289. The highest BCUT2D eigenvalue weighted by atomic mass is 127. The Morgan fingerprint density at radius 2 is 0.855 bits per heavy atom. The number of H-pyrrole nitrogens is 4. The molecule has 4 N–H and O–H groups in total. The summed E-state index contributed by atoms with van der Waals surface area (Å²) in [6.07, 6.45) is 8.41. The maximum absolute atomic E-state index is 12.0. The molecular formula is C42H45IN28O12. The number of aromatic nitrogens is 28. The highest BCUT2D eigenvalue weighted by Crippen LogP contribution is 2.42. The van der Waals surface area contributed by atoms with Crippen molar-refractivity contribution in [2.24, 2.45) is 28.2 Å². The second-order valence-electron chi connectivity index (χ2n) is 17.0. The van der Waals surface area contributed by atoms with Crippen molar-refractivity contribution in [1.29, 1.82) is 0 Å². The third-order valence-electron chi connectivity index (χ3n) is 11.5. The summed E-state index contributed by atoms with van der Waals surface area (Å²) < 4.78 is 80.8. The molecule has 83 heavy (non-hydrogen) atoms. The normalized spacial score (nSPS) is 12.5. The summed E-state index contributed by atoms with van der Waals surface area (Å²) in [6, 6.07) is 6.22. The van der Waals surface area contributed by atoms with Crippen LogP contribution in [0.15, 0.2) is 86.3 Å². The molecule has 12 aromatic rings. The second-order valence-corrected chi connectivity index (χ2v) is 18.0. The van der Waals surface area contributed by atoms with E-state index in [1.807, 2.05) is 29.5 Å². The van der Waals surface area contributed by atoms with E-state index < -0.39 is 22.8 Å². The van der Waals surface area contributed by atoms with Crippen LogP contribution in [0, 0.1) is 10.6 Å². The predicted molar refractivity (Wildman–Crippen MR) is 277 cm³/mol. The van der Waals surface area contributed by atoms with Gasteiger partial charge in [0.05, 0.1) is 39.3 Å². The van der Waals surface area contributed by atoms with E-state index in [1.54, 1.807) is 31.2 Å². The maximum atomic E-state index is 12.0. The van der Waals surface area contributed by atoms with Crippen LogP contribution in [0.4, 0.5) is 0 Å². The number of aryl methyl sites for hydroxylation is 6. The van der Waals surface area contributed by atoms with Crippen molar-refractivity contribution >= 4 is 22.6 Å². The summed E-state index contributed by atoms with van der Waals surface area (Å²) >= 11 is 1.96. The molecule has 0 atom stereocenters. The van der Waals surface area contributed by atoms with Crippen molar-refractivity contribution in [3.05, 3.63) is 134 Å². The fourth-order valence-corrected chi connectivity index (χ4v) is 7.52. The lowest BCUT2D eigenvalue weighted by atomic mass is 10.2. The van der Waals surface area contributed by atoms with Gasteiger partial charge in [0.15, 0.2) is 9.35 Å². The number of nitrogens with one attached hydrogen (secondary N) is 4. The Bertz CT molecular complexity index is 4410. The van der Waals surface area contributed by atoms with Gasteiger partial charge in [0.2, 0.25) is 23.5 Å². The Balaban J connectivity index is 0.000000129. The molecule has 13 rings (SSSR count).